The molecule has 12 heteroatoms. The van der Waals surface area contributed by atoms with Gasteiger partial charge in [-0.25, -0.2) is 9.37 Å². The summed E-state index contributed by atoms with van der Waals surface area (Å²) in [7, 11) is 0. The summed E-state index contributed by atoms with van der Waals surface area (Å²) in [4.78, 5) is 11.6. The van der Waals surface area contributed by atoms with Gasteiger partial charge in [0.05, 0.1) is 16.8 Å². The van der Waals surface area contributed by atoms with Gasteiger partial charge in [0.15, 0.2) is 0 Å². The number of benzene rings is 2. The Hall–Kier alpha value is -4.35. The summed E-state index contributed by atoms with van der Waals surface area (Å²) in [5.74, 6) is 0.116. The number of H-pyrrole nitrogens is 1. The summed E-state index contributed by atoms with van der Waals surface area (Å²) >= 11 is 0. The highest BCUT2D eigenvalue weighted by Gasteiger charge is 2.38. The molecule has 0 bridgehead atoms. The van der Waals surface area contributed by atoms with Gasteiger partial charge in [-0.1, -0.05) is 22.9 Å². The van der Waals surface area contributed by atoms with Crippen molar-refractivity contribution in [3.05, 3.63) is 95.2 Å². The van der Waals surface area contributed by atoms with Crippen LogP contribution in [0, 0.1) is 12.7 Å². The maximum Gasteiger partial charge on any atom is 0.417 e. The Kier molecular flexibility index (Phi) is 6.12. The van der Waals surface area contributed by atoms with E-state index in [1.165, 1.54) is 30.6 Å². The summed E-state index contributed by atoms with van der Waals surface area (Å²) in [5, 5.41) is 4.29. The van der Waals surface area contributed by atoms with Crippen LogP contribution in [-0.2, 0) is 18.9 Å². The van der Waals surface area contributed by atoms with E-state index in [9.17, 15) is 30.7 Å². The van der Waals surface area contributed by atoms with Crippen LogP contribution < -0.4 is 4.68 Å². The molecule has 0 spiro atoms. The highest BCUT2D eigenvalue weighted by atomic mass is 19.4. The Morgan fingerprint density at radius 3 is 2.37 bits per heavy atom. The second kappa shape index (κ2) is 9.19. The van der Waals surface area contributed by atoms with Crippen LogP contribution in [0.4, 0.5) is 30.7 Å². The van der Waals surface area contributed by atoms with Gasteiger partial charge < -0.3 is 4.98 Å². The Morgan fingerprint density at radius 2 is 1.68 bits per heavy atom. The number of nitrogens with zero attached hydrogens (tertiary/aromatic N) is 4. The van der Waals surface area contributed by atoms with E-state index in [4.69, 9.17) is 0 Å². The maximum atomic E-state index is 13.9. The molecule has 5 nitrogen and oxygen atoms in total. The zero-order valence-corrected chi connectivity index (χ0v) is 19.5. The molecule has 0 atom stereocenters. The van der Waals surface area contributed by atoms with Crippen LogP contribution in [0.25, 0.3) is 33.7 Å². The minimum absolute atomic E-state index is 0.0872. The number of halogens is 7. The van der Waals surface area contributed by atoms with Gasteiger partial charge in [0.1, 0.15) is 28.9 Å². The van der Waals surface area contributed by atoms with E-state index in [1.807, 2.05) is 0 Å². The third-order valence-corrected chi connectivity index (χ3v) is 5.99. The molecule has 3 heterocycles. The molecule has 0 radical (unpaired) electrons. The van der Waals surface area contributed by atoms with Crippen LogP contribution in [0.2, 0.25) is 0 Å². The summed E-state index contributed by atoms with van der Waals surface area (Å²) in [5.41, 5.74) is -0.566. The Morgan fingerprint density at radius 1 is 0.895 bits per heavy atom. The maximum absolute atomic E-state index is 13.9. The summed E-state index contributed by atoms with van der Waals surface area (Å²) < 4.78 is 94.9. The number of pyridine rings is 1. The Labute approximate surface area is 210 Å². The summed E-state index contributed by atoms with van der Waals surface area (Å²) in [6.45, 7) is 1.85. The van der Waals surface area contributed by atoms with Crippen molar-refractivity contribution in [2.45, 2.75) is 25.8 Å². The van der Waals surface area contributed by atoms with Crippen molar-refractivity contribution in [1.82, 2.24) is 20.1 Å². The van der Waals surface area contributed by atoms with Gasteiger partial charge in [0.2, 0.25) is 12.7 Å². The average Bonchev–Trinajstić information content (AvgIpc) is 3.28. The molecule has 5 rings (SSSR count). The molecular weight excluding hydrogens is 515 g/mol. The number of imidazole rings is 1. The molecule has 0 fully saturated rings. The van der Waals surface area contributed by atoms with E-state index in [-0.39, 0.29) is 24.1 Å². The van der Waals surface area contributed by atoms with Crippen molar-refractivity contribution in [2.75, 3.05) is 0 Å². The number of alkyl halides is 6. The highest BCUT2D eigenvalue weighted by Crippen LogP contribution is 2.40. The molecule has 38 heavy (non-hydrogen) atoms. The fourth-order valence-electron chi connectivity index (χ4n) is 4.03. The molecule has 194 valence electrons. The van der Waals surface area contributed by atoms with E-state index in [1.54, 1.807) is 29.9 Å². The minimum Gasteiger partial charge on any atom is -0.333 e. The molecule has 3 aromatic heterocycles. The van der Waals surface area contributed by atoms with E-state index >= 15 is 0 Å². The largest absolute Gasteiger partial charge is 0.417 e. The second-order valence-electron chi connectivity index (χ2n) is 8.58. The fraction of sp³-hybridized carbons (Fsp3) is 0.154. The molecule has 0 amide bonds. The molecule has 0 unspecified atom stereocenters. The molecule has 5 aromatic rings. The Balaban J connectivity index is 1.41. The molecule has 0 aliphatic rings. The number of fused-ring (bicyclic) bond motifs is 1. The van der Waals surface area contributed by atoms with E-state index in [2.05, 4.69) is 20.1 Å². The summed E-state index contributed by atoms with van der Waals surface area (Å²) in [6, 6.07) is 8.98. The first-order valence-corrected chi connectivity index (χ1v) is 11.1. The molecule has 0 aliphatic heterocycles. The van der Waals surface area contributed by atoms with Gasteiger partial charge in [0, 0.05) is 22.9 Å². The van der Waals surface area contributed by atoms with Gasteiger partial charge in [-0.3, -0.25) is 4.98 Å². The van der Waals surface area contributed by atoms with Crippen molar-refractivity contribution < 1.29 is 35.4 Å². The number of rotatable bonds is 4. The van der Waals surface area contributed by atoms with Crippen LogP contribution >= 0.6 is 0 Å². The highest BCUT2D eigenvalue weighted by molar-refractivity contribution is 5.77. The predicted molar refractivity (Wildman–Crippen MR) is 123 cm³/mol. The second-order valence-corrected chi connectivity index (χ2v) is 8.58. The van der Waals surface area contributed by atoms with Gasteiger partial charge in [-0.05, 0) is 47.9 Å². The van der Waals surface area contributed by atoms with Crippen molar-refractivity contribution in [3.63, 3.8) is 0 Å². The first-order valence-electron chi connectivity index (χ1n) is 11.1. The average molecular weight is 532 g/mol. The number of hydrogen-bond donors (Lipinski definition) is 1. The van der Waals surface area contributed by atoms with Gasteiger partial charge in [-0.2, -0.15) is 26.3 Å². The lowest BCUT2D eigenvalue weighted by Gasteiger charge is -2.15. The van der Waals surface area contributed by atoms with Gasteiger partial charge in [0.25, 0.3) is 0 Å². The van der Waals surface area contributed by atoms with Crippen LogP contribution in [-0.4, -0.2) is 20.1 Å². The third-order valence-electron chi connectivity index (χ3n) is 5.99. The molecule has 0 saturated carbocycles. The first kappa shape index (κ1) is 25.3. The molecule has 2 aromatic carbocycles. The number of nitrogens with one attached hydrogen (secondary N) is 1. The lowest BCUT2D eigenvalue weighted by molar-refractivity contribution is -0.745. The van der Waals surface area contributed by atoms with Crippen molar-refractivity contribution in [1.29, 1.82) is 0 Å². The smallest absolute Gasteiger partial charge is 0.333 e. The predicted octanol–water partition coefficient (Wildman–Crippen LogP) is 6.51. The first-order chi connectivity index (χ1) is 17.9. The van der Waals surface area contributed by atoms with Crippen LogP contribution in [0.5, 0.6) is 0 Å². The van der Waals surface area contributed by atoms with Crippen molar-refractivity contribution in [3.8, 4) is 22.6 Å². The van der Waals surface area contributed by atoms with E-state index in [0.29, 0.717) is 39.6 Å². The van der Waals surface area contributed by atoms with E-state index in [0.717, 1.165) is 6.07 Å². The Bertz CT molecular complexity index is 1640. The normalized spacial score (nSPS) is 12.3. The van der Waals surface area contributed by atoms with Crippen molar-refractivity contribution >= 4 is 11.0 Å². The molecule has 0 saturated heterocycles. The van der Waals surface area contributed by atoms with Crippen LogP contribution in [0.1, 0.15) is 22.3 Å². The van der Waals surface area contributed by atoms with Crippen LogP contribution in [0.15, 0.2) is 67.1 Å². The quantitative estimate of drug-likeness (QED) is 0.212. The van der Waals surface area contributed by atoms with E-state index < -0.39 is 29.0 Å². The zero-order valence-electron chi connectivity index (χ0n) is 19.5. The molecule has 1 N–H and O–H groups in total. The standard InChI is InChI=1S/C26H16F7N5/c1-14-17(3-2-4-20(14)27)24-36-22-11-35-38(13-23(22)37-24)12-15-5-8-21(34-10-15)18-7-6-16(25(28,29)30)9-19(18)26(31,32)33/h2-11,13H,12H2,1H3/p+1. The molecular formula is C26H17F7N5+. The zero-order chi connectivity index (χ0) is 27.2. The fourth-order valence-corrected chi connectivity index (χ4v) is 4.03. The number of hydrogen-bond acceptors (Lipinski definition) is 3. The SMILES string of the molecule is Cc1c(F)cccc1-c1nc2cn[n+](Cc3ccc(-c4ccc(C(F)(F)F)cc4C(F)(F)F)nc3)cc2[nH]1. The van der Waals surface area contributed by atoms with Crippen LogP contribution in [0.3, 0.4) is 0 Å². The van der Waals surface area contributed by atoms with Gasteiger partial charge in [-0.15, -0.1) is 0 Å². The molecule has 0 aliphatic carbocycles. The number of aromatic nitrogens is 5. The monoisotopic (exact) mass is 532 g/mol. The van der Waals surface area contributed by atoms with Crippen molar-refractivity contribution in [2.24, 2.45) is 0 Å². The van der Waals surface area contributed by atoms with Gasteiger partial charge >= 0.3 is 12.4 Å². The minimum atomic E-state index is -5.00. The third kappa shape index (κ3) is 4.93. The lowest BCUT2D eigenvalue weighted by Crippen LogP contribution is -2.37. The topological polar surface area (TPSA) is 58.3 Å². The summed E-state index contributed by atoms with van der Waals surface area (Å²) in [6.07, 6.45) is -5.39. The number of aromatic amines is 1. The lowest BCUT2D eigenvalue weighted by atomic mass is 10.00.